The highest BCUT2D eigenvalue weighted by molar-refractivity contribution is 7.99. The predicted octanol–water partition coefficient (Wildman–Crippen LogP) is 4.44. The SMILES string of the molecule is CCc1ccc(-c2nc(SCC(=O)N3CC=C(c4ccccc4)CC3)n[nH]2)cc1. The Bertz CT molecular complexity index is 995. The number of carbonyl (C=O) groups is 1. The fourth-order valence-electron chi connectivity index (χ4n) is 3.37. The smallest absolute Gasteiger partial charge is 0.233 e. The lowest BCUT2D eigenvalue weighted by Gasteiger charge is -2.26. The van der Waals surface area contributed by atoms with Gasteiger partial charge < -0.3 is 4.90 Å². The Labute approximate surface area is 175 Å². The third kappa shape index (κ3) is 4.77. The van der Waals surface area contributed by atoms with E-state index in [-0.39, 0.29) is 5.91 Å². The van der Waals surface area contributed by atoms with Crippen molar-refractivity contribution in [3.63, 3.8) is 0 Å². The van der Waals surface area contributed by atoms with Crippen molar-refractivity contribution in [3.8, 4) is 11.4 Å². The van der Waals surface area contributed by atoms with Crippen LogP contribution in [-0.2, 0) is 11.2 Å². The van der Waals surface area contributed by atoms with Crippen LogP contribution in [0, 0.1) is 0 Å². The first-order valence-electron chi connectivity index (χ1n) is 9.89. The van der Waals surface area contributed by atoms with Crippen molar-refractivity contribution in [1.82, 2.24) is 20.1 Å². The number of aryl methyl sites for hydroxylation is 1. The monoisotopic (exact) mass is 404 g/mol. The Hall–Kier alpha value is -2.86. The molecule has 1 aromatic heterocycles. The van der Waals surface area contributed by atoms with Crippen molar-refractivity contribution >= 4 is 23.2 Å². The van der Waals surface area contributed by atoms with Gasteiger partial charge in [-0.2, -0.15) is 0 Å². The van der Waals surface area contributed by atoms with Gasteiger partial charge in [0.25, 0.3) is 0 Å². The van der Waals surface area contributed by atoms with E-state index in [4.69, 9.17) is 0 Å². The highest BCUT2D eigenvalue weighted by Gasteiger charge is 2.19. The van der Waals surface area contributed by atoms with Crippen LogP contribution in [0.3, 0.4) is 0 Å². The van der Waals surface area contributed by atoms with Gasteiger partial charge in [-0.25, -0.2) is 4.98 Å². The Kier molecular flexibility index (Phi) is 6.10. The van der Waals surface area contributed by atoms with E-state index in [9.17, 15) is 4.79 Å². The summed E-state index contributed by atoms with van der Waals surface area (Å²) in [4.78, 5) is 19.0. The summed E-state index contributed by atoms with van der Waals surface area (Å²) < 4.78 is 0. The van der Waals surface area contributed by atoms with E-state index in [1.165, 1.54) is 28.5 Å². The molecule has 1 aliphatic heterocycles. The zero-order valence-corrected chi connectivity index (χ0v) is 17.3. The molecule has 1 N–H and O–H groups in total. The number of hydrogen-bond acceptors (Lipinski definition) is 4. The van der Waals surface area contributed by atoms with Gasteiger partial charge in [0.2, 0.25) is 11.1 Å². The van der Waals surface area contributed by atoms with Crippen molar-refractivity contribution in [2.45, 2.75) is 24.9 Å². The van der Waals surface area contributed by atoms with E-state index in [0.29, 0.717) is 17.5 Å². The van der Waals surface area contributed by atoms with Crippen molar-refractivity contribution in [2.24, 2.45) is 0 Å². The molecule has 1 aliphatic rings. The minimum absolute atomic E-state index is 0.122. The lowest BCUT2D eigenvalue weighted by molar-refractivity contribution is -0.127. The third-order valence-electron chi connectivity index (χ3n) is 5.13. The first-order valence-corrected chi connectivity index (χ1v) is 10.9. The summed E-state index contributed by atoms with van der Waals surface area (Å²) in [6, 6.07) is 18.7. The summed E-state index contributed by atoms with van der Waals surface area (Å²) in [7, 11) is 0. The highest BCUT2D eigenvalue weighted by Crippen LogP contribution is 2.24. The molecule has 0 spiro atoms. The molecule has 148 valence electrons. The fraction of sp³-hybridized carbons (Fsp3) is 0.261. The van der Waals surface area contributed by atoms with Crippen LogP contribution < -0.4 is 0 Å². The van der Waals surface area contributed by atoms with E-state index < -0.39 is 0 Å². The summed E-state index contributed by atoms with van der Waals surface area (Å²) in [5.41, 5.74) is 4.85. The largest absolute Gasteiger partial charge is 0.338 e. The molecule has 5 nitrogen and oxygen atoms in total. The molecule has 0 fully saturated rings. The fourth-order valence-corrected chi connectivity index (χ4v) is 4.07. The molecule has 0 saturated carbocycles. The number of rotatable bonds is 6. The second kappa shape index (κ2) is 9.09. The van der Waals surface area contributed by atoms with Gasteiger partial charge in [-0.3, -0.25) is 9.89 Å². The molecule has 4 rings (SSSR count). The lowest BCUT2D eigenvalue weighted by Crippen LogP contribution is -2.35. The topological polar surface area (TPSA) is 61.9 Å². The van der Waals surface area contributed by atoms with E-state index in [1.54, 1.807) is 0 Å². The van der Waals surface area contributed by atoms with Crippen LogP contribution in [0.2, 0.25) is 0 Å². The summed E-state index contributed by atoms with van der Waals surface area (Å²) >= 11 is 1.38. The first kappa shape index (κ1) is 19.5. The number of hydrogen-bond donors (Lipinski definition) is 1. The van der Waals surface area contributed by atoms with Crippen molar-refractivity contribution in [3.05, 3.63) is 71.8 Å². The van der Waals surface area contributed by atoms with Crippen LogP contribution in [0.4, 0.5) is 0 Å². The van der Waals surface area contributed by atoms with Gasteiger partial charge in [-0.05, 0) is 29.5 Å². The van der Waals surface area contributed by atoms with Crippen molar-refractivity contribution < 1.29 is 4.79 Å². The maximum Gasteiger partial charge on any atom is 0.233 e. The average molecular weight is 405 g/mol. The van der Waals surface area contributed by atoms with E-state index >= 15 is 0 Å². The zero-order chi connectivity index (χ0) is 20.1. The average Bonchev–Trinajstić information content (AvgIpc) is 3.27. The Morgan fingerprint density at radius 3 is 2.59 bits per heavy atom. The van der Waals surface area contributed by atoms with Crippen LogP contribution in [0.25, 0.3) is 17.0 Å². The number of nitrogens with zero attached hydrogens (tertiary/aromatic N) is 3. The lowest BCUT2D eigenvalue weighted by atomic mass is 10.00. The minimum Gasteiger partial charge on any atom is -0.338 e. The first-order chi connectivity index (χ1) is 14.2. The maximum absolute atomic E-state index is 12.6. The molecule has 0 aliphatic carbocycles. The van der Waals surface area contributed by atoms with Gasteiger partial charge in [0.15, 0.2) is 5.82 Å². The predicted molar refractivity (Wildman–Crippen MR) is 118 cm³/mol. The van der Waals surface area contributed by atoms with Crippen molar-refractivity contribution in [1.29, 1.82) is 0 Å². The second-order valence-electron chi connectivity index (χ2n) is 6.99. The zero-order valence-electron chi connectivity index (χ0n) is 16.5. The Morgan fingerprint density at radius 1 is 1.10 bits per heavy atom. The van der Waals surface area contributed by atoms with Crippen LogP contribution in [0.5, 0.6) is 0 Å². The number of H-pyrrole nitrogens is 1. The number of aromatic amines is 1. The van der Waals surface area contributed by atoms with Gasteiger partial charge in [0, 0.05) is 18.7 Å². The number of nitrogens with one attached hydrogen (secondary N) is 1. The molecule has 1 amide bonds. The second-order valence-corrected chi connectivity index (χ2v) is 7.93. The molecule has 2 aromatic carbocycles. The summed E-state index contributed by atoms with van der Waals surface area (Å²) in [6.07, 6.45) is 4.06. The minimum atomic E-state index is 0.122. The molecule has 0 saturated heterocycles. The standard InChI is InChI=1S/C23H24N4OS/c1-2-17-8-10-20(11-9-17)22-24-23(26-25-22)29-16-21(28)27-14-12-19(13-15-27)18-6-4-3-5-7-18/h3-12H,2,13-16H2,1H3,(H,24,25,26). The number of thioether (sulfide) groups is 1. The van der Waals surface area contributed by atoms with Gasteiger partial charge >= 0.3 is 0 Å². The molecule has 0 atom stereocenters. The number of aromatic nitrogens is 3. The number of amides is 1. The maximum atomic E-state index is 12.6. The molecule has 2 heterocycles. The van der Waals surface area contributed by atoms with Crippen LogP contribution in [0.1, 0.15) is 24.5 Å². The molecule has 6 heteroatoms. The van der Waals surface area contributed by atoms with Crippen LogP contribution >= 0.6 is 11.8 Å². The molecule has 3 aromatic rings. The van der Waals surface area contributed by atoms with E-state index in [0.717, 1.165) is 30.8 Å². The van der Waals surface area contributed by atoms with Crippen LogP contribution in [0.15, 0.2) is 65.8 Å². The molecule has 0 bridgehead atoms. The molecule has 0 unspecified atom stereocenters. The van der Waals surface area contributed by atoms with E-state index in [2.05, 4.69) is 52.4 Å². The highest BCUT2D eigenvalue weighted by atomic mass is 32.2. The Morgan fingerprint density at radius 2 is 1.90 bits per heavy atom. The molecule has 0 radical (unpaired) electrons. The van der Waals surface area contributed by atoms with Crippen LogP contribution in [-0.4, -0.2) is 44.8 Å². The van der Waals surface area contributed by atoms with Gasteiger partial charge in [0.1, 0.15) is 0 Å². The van der Waals surface area contributed by atoms with E-state index in [1.807, 2.05) is 35.2 Å². The summed E-state index contributed by atoms with van der Waals surface area (Å²) in [5.74, 6) is 1.20. The molecule has 29 heavy (non-hydrogen) atoms. The number of benzene rings is 2. The summed E-state index contributed by atoms with van der Waals surface area (Å²) in [5, 5.41) is 7.82. The van der Waals surface area contributed by atoms with Gasteiger partial charge in [-0.1, -0.05) is 79.4 Å². The third-order valence-corrected chi connectivity index (χ3v) is 5.96. The molecular weight excluding hydrogens is 380 g/mol. The van der Waals surface area contributed by atoms with Gasteiger partial charge in [-0.15, -0.1) is 5.10 Å². The summed E-state index contributed by atoms with van der Waals surface area (Å²) in [6.45, 7) is 3.55. The number of carbonyl (C=O) groups excluding carboxylic acids is 1. The Balaban J connectivity index is 1.31. The van der Waals surface area contributed by atoms with Gasteiger partial charge in [0.05, 0.1) is 5.75 Å². The van der Waals surface area contributed by atoms with Crippen molar-refractivity contribution in [2.75, 3.05) is 18.8 Å². The molecular formula is C23H24N4OS. The normalized spacial score (nSPS) is 14.0. The quantitative estimate of drug-likeness (QED) is 0.617.